The van der Waals surface area contributed by atoms with Crippen molar-refractivity contribution < 1.29 is 0 Å². The van der Waals surface area contributed by atoms with E-state index in [1.54, 1.807) is 10.7 Å². The second-order valence-corrected chi connectivity index (χ2v) is 4.68. The van der Waals surface area contributed by atoms with E-state index in [2.05, 4.69) is 20.1 Å². The van der Waals surface area contributed by atoms with Crippen molar-refractivity contribution in [3.63, 3.8) is 0 Å². The van der Waals surface area contributed by atoms with Crippen LogP contribution in [-0.2, 0) is 0 Å². The van der Waals surface area contributed by atoms with Crippen LogP contribution in [0.15, 0.2) is 12.4 Å². The molecule has 2 aromatic rings. The Hall–Kier alpha value is -2.04. The van der Waals surface area contributed by atoms with E-state index in [9.17, 15) is 0 Å². The van der Waals surface area contributed by atoms with Gasteiger partial charge in [0.2, 0.25) is 0 Å². The summed E-state index contributed by atoms with van der Waals surface area (Å²) in [7, 11) is 0. The van der Waals surface area contributed by atoms with Crippen molar-refractivity contribution in [1.82, 2.24) is 24.7 Å². The number of hydrogen-bond donors (Lipinski definition) is 1. The molecule has 8 heteroatoms. The van der Waals surface area contributed by atoms with Crippen LogP contribution in [0.3, 0.4) is 0 Å². The summed E-state index contributed by atoms with van der Waals surface area (Å²) in [6, 6.07) is 3.31. The van der Waals surface area contributed by atoms with E-state index in [0.29, 0.717) is 23.3 Å². The Bertz CT molecular complexity index is 654. The normalized spacial score (nSPS) is 15.2. The number of rotatable bonds is 3. The van der Waals surface area contributed by atoms with Gasteiger partial charge in [-0.3, -0.25) is 0 Å². The maximum atomic E-state index is 8.88. The first-order valence-electron chi connectivity index (χ1n) is 6.14. The van der Waals surface area contributed by atoms with Gasteiger partial charge in [-0.1, -0.05) is 0 Å². The molecule has 1 unspecified atom stereocenters. The molecular formula is C12H14ClN7. The van der Waals surface area contributed by atoms with E-state index in [0.717, 1.165) is 18.7 Å². The lowest BCUT2D eigenvalue weighted by Gasteiger charge is -2.06. The van der Waals surface area contributed by atoms with Crippen molar-refractivity contribution in [3.8, 4) is 11.9 Å². The Balaban J connectivity index is 0.00000147. The van der Waals surface area contributed by atoms with Gasteiger partial charge >= 0.3 is 0 Å². The highest BCUT2D eigenvalue weighted by Crippen LogP contribution is 2.38. The molecule has 0 bridgehead atoms. The molecule has 2 aromatic heterocycles. The zero-order valence-electron chi connectivity index (χ0n) is 10.9. The summed E-state index contributed by atoms with van der Waals surface area (Å²) in [6.45, 7) is 1.85. The predicted molar refractivity (Wildman–Crippen MR) is 73.5 cm³/mol. The zero-order valence-corrected chi connectivity index (χ0v) is 11.7. The van der Waals surface area contributed by atoms with Crippen molar-refractivity contribution in [1.29, 1.82) is 5.26 Å². The number of hydrogen-bond acceptors (Lipinski definition) is 6. The molecule has 1 aliphatic rings. The summed E-state index contributed by atoms with van der Waals surface area (Å²) in [6.07, 6.45) is 3.59. The van der Waals surface area contributed by atoms with E-state index < -0.39 is 0 Å². The fourth-order valence-electron chi connectivity index (χ4n) is 1.84. The lowest BCUT2D eigenvalue weighted by atomic mass is 10.3. The minimum atomic E-state index is -0.250. The smallest absolute Gasteiger partial charge is 0.160 e. The second kappa shape index (κ2) is 5.53. The maximum absolute atomic E-state index is 8.88. The van der Waals surface area contributed by atoms with Crippen molar-refractivity contribution in [2.24, 2.45) is 5.73 Å². The molecule has 0 radical (unpaired) electrons. The van der Waals surface area contributed by atoms with Gasteiger partial charge in [-0.25, -0.2) is 15.0 Å². The first-order chi connectivity index (χ1) is 9.19. The number of aromatic nitrogens is 5. The van der Waals surface area contributed by atoms with Crippen LogP contribution in [0.1, 0.15) is 49.1 Å². The molecule has 0 aliphatic heterocycles. The predicted octanol–water partition coefficient (Wildman–Crippen LogP) is 1.25. The van der Waals surface area contributed by atoms with Gasteiger partial charge < -0.3 is 5.73 Å². The number of halogens is 1. The molecule has 3 rings (SSSR count). The average Bonchev–Trinajstić information content (AvgIpc) is 3.17. The third-order valence-corrected chi connectivity index (χ3v) is 2.98. The average molecular weight is 292 g/mol. The summed E-state index contributed by atoms with van der Waals surface area (Å²) in [5, 5.41) is 13.3. The molecule has 1 fully saturated rings. The molecule has 2 N–H and O–H groups in total. The van der Waals surface area contributed by atoms with E-state index >= 15 is 0 Å². The van der Waals surface area contributed by atoms with Gasteiger partial charge in [0.25, 0.3) is 0 Å². The Labute approximate surface area is 122 Å². The van der Waals surface area contributed by atoms with Crippen LogP contribution in [0.4, 0.5) is 0 Å². The molecule has 7 nitrogen and oxygen atoms in total. The van der Waals surface area contributed by atoms with Gasteiger partial charge in [0.1, 0.15) is 18.1 Å². The summed E-state index contributed by atoms with van der Waals surface area (Å²) in [4.78, 5) is 12.5. The number of nitrogens with two attached hydrogens (primary N) is 1. The Kier molecular flexibility index (Phi) is 3.97. The Morgan fingerprint density at radius 3 is 2.80 bits per heavy atom. The molecule has 1 aliphatic carbocycles. The maximum Gasteiger partial charge on any atom is 0.160 e. The minimum absolute atomic E-state index is 0. The lowest BCUT2D eigenvalue weighted by molar-refractivity contribution is 0.678. The van der Waals surface area contributed by atoms with E-state index in [4.69, 9.17) is 11.0 Å². The van der Waals surface area contributed by atoms with Gasteiger partial charge in [-0.2, -0.15) is 9.94 Å². The zero-order chi connectivity index (χ0) is 13.4. The van der Waals surface area contributed by atoms with Crippen molar-refractivity contribution in [2.45, 2.75) is 31.7 Å². The van der Waals surface area contributed by atoms with Crippen LogP contribution in [0.5, 0.6) is 0 Å². The Morgan fingerprint density at radius 2 is 2.20 bits per heavy atom. The van der Waals surface area contributed by atoms with E-state index in [1.165, 1.54) is 6.33 Å². The monoisotopic (exact) mass is 291 g/mol. The van der Waals surface area contributed by atoms with Crippen molar-refractivity contribution >= 4 is 12.4 Å². The van der Waals surface area contributed by atoms with Gasteiger partial charge in [0, 0.05) is 12.0 Å². The molecule has 104 valence electrons. The standard InChI is InChI=1S/C12H13N7.ClH/c1-7(14)12-17-11(8-2-3-8)18-19(12)10-4-9(5-13)15-6-16-10;/h4,6-8H,2-3,14H2,1H3;1H. The first kappa shape index (κ1) is 14.4. The van der Waals surface area contributed by atoms with E-state index in [1.807, 2.05) is 13.0 Å². The van der Waals surface area contributed by atoms with Crippen LogP contribution < -0.4 is 5.73 Å². The van der Waals surface area contributed by atoms with Crippen molar-refractivity contribution in [3.05, 3.63) is 29.7 Å². The van der Waals surface area contributed by atoms with Gasteiger partial charge in [-0.05, 0) is 19.8 Å². The third kappa shape index (κ3) is 2.61. The molecule has 20 heavy (non-hydrogen) atoms. The third-order valence-electron chi connectivity index (χ3n) is 2.98. The molecule has 0 aromatic carbocycles. The van der Waals surface area contributed by atoms with Crippen LogP contribution >= 0.6 is 12.4 Å². The van der Waals surface area contributed by atoms with Crippen molar-refractivity contribution in [2.75, 3.05) is 0 Å². The van der Waals surface area contributed by atoms with E-state index in [-0.39, 0.29) is 18.4 Å². The SMILES string of the molecule is CC(N)c1nc(C2CC2)nn1-c1cc(C#N)ncn1.Cl. The summed E-state index contributed by atoms with van der Waals surface area (Å²) < 4.78 is 1.61. The van der Waals surface area contributed by atoms with Gasteiger partial charge in [0.05, 0.1) is 6.04 Å². The largest absolute Gasteiger partial charge is 0.322 e. The summed E-state index contributed by atoms with van der Waals surface area (Å²) >= 11 is 0. The summed E-state index contributed by atoms with van der Waals surface area (Å²) in [5.41, 5.74) is 6.22. The molecule has 0 saturated heterocycles. The minimum Gasteiger partial charge on any atom is -0.322 e. The lowest BCUT2D eigenvalue weighted by Crippen LogP contribution is -2.14. The molecular weight excluding hydrogens is 278 g/mol. The van der Waals surface area contributed by atoms with Crippen LogP contribution in [-0.4, -0.2) is 24.7 Å². The number of nitriles is 1. The highest BCUT2D eigenvalue weighted by atomic mass is 35.5. The first-order valence-corrected chi connectivity index (χ1v) is 6.14. The summed E-state index contributed by atoms with van der Waals surface area (Å²) in [5.74, 6) is 2.43. The van der Waals surface area contributed by atoms with Crippen LogP contribution in [0, 0.1) is 11.3 Å². The highest BCUT2D eigenvalue weighted by molar-refractivity contribution is 5.85. The second-order valence-electron chi connectivity index (χ2n) is 4.68. The molecule has 1 atom stereocenters. The quantitative estimate of drug-likeness (QED) is 0.912. The molecule has 0 amide bonds. The van der Waals surface area contributed by atoms with Crippen LogP contribution in [0.2, 0.25) is 0 Å². The van der Waals surface area contributed by atoms with Gasteiger partial charge in [0.15, 0.2) is 17.5 Å². The van der Waals surface area contributed by atoms with Crippen LogP contribution in [0.25, 0.3) is 5.82 Å². The fourth-order valence-corrected chi connectivity index (χ4v) is 1.84. The number of nitrogens with zero attached hydrogens (tertiary/aromatic N) is 6. The molecule has 1 saturated carbocycles. The molecule has 2 heterocycles. The fraction of sp³-hybridized carbons (Fsp3) is 0.417. The molecule has 0 spiro atoms. The topological polar surface area (TPSA) is 106 Å². The Morgan fingerprint density at radius 1 is 1.45 bits per heavy atom. The van der Waals surface area contributed by atoms with Gasteiger partial charge in [-0.15, -0.1) is 17.5 Å². The highest BCUT2D eigenvalue weighted by Gasteiger charge is 2.30.